The fraction of sp³-hybridized carbons (Fsp3) is 0.200. The molecular weight excluding hydrogens is 378 g/mol. The Morgan fingerprint density at radius 1 is 0.767 bits per heavy atom. The number of nitrogens with one attached hydrogen (secondary N) is 1. The maximum atomic E-state index is 12.6. The summed E-state index contributed by atoms with van der Waals surface area (Å²) in [6.07, 6.45) is 2.42. The van der Waals surface area contributed by atoms with Crippen LogP contribution in [0.1, 0.15) is 33.5 Å². The largest absolute Gasteiger partial charge is 0.508 e. The number of benzene rings is 3. The Morgan fingerprint density at radius 3 is 2.10 bits per heavy atom. The highest BCUT2D eigenvalue weighted by Crippen LogP contribution is 2.14. The van der Waals surface area contributed by atoms with Crippen LogP contribution >= 0.6 is 0 Å². The van der Waals surface area contributed by atoms with Crippen LogP contribution in [0.15, 0.2) is 78.9 Å². The van der Waals surface area contributed by atoms with Crippen LogP contribution in [0, 0.1) is 0 Å². The fourth-order valence-electron chi connectivity index (χ4n) is 3.27. The SMILES string of the molecule is O=C(N[C@@H](CCc1ccccc1)C(=O)O)c1cccc(CCc2ccc(O)cc2)c1. The average molecular weight is 403 g/mol. The third kappa shape index (κ3) is 6.21. The minimum Gasteiger partial charge on any atom is -0.508 e. The average Bonchev–Trinajstić information content (AvgIpc) is 2.77. The Labute approximate surface area is 176 Å². The van der Waals surface area contributed by atoms with Gasteiger partial charge >= 0.3 is 5.97 Å². The van der Waals surface area contributed by atoms with Crippen molar-refractivity contribution in [2.75, 3.05) is 0 Å². The van der Waals surface area contributed by atoms with Gasteiger partial charge in [-0.2, -0.15) is 0 Å². The van der Waals surface area contributed by atoms with Gasteiger partial charge in [-0.25, -0.2) is 4.79 Å². The molecule has 1 amide bonds. The van der Waals surface area contributed by atoms with E-state index in [2.05, 4.69) is 5.32 Å². The second kappa shape index (κ2) is 10.3. The number of amides is 1. The van der Waals surface area contributed by atoms with Gasteiger partial charge in [-0.15, -0.1) is 0 Å². The van der Waals surface area contributed by atoms with Crippen molar-refractivity contribution >= 4 is 11.9 Å². The van der Waals surface area contributed by atoms with Crippen molar-refractivity contribution < 1.29 is 19.8 Å². The molecule has 0 saturated carbocycles. The summed E-state index contributed by atoms with van der Waals surface area (Å²) in [6, 6.07) is 23.0. The Hall–Kier alpha value is -3.60. The van der Waals surface area contributed by atoms with E-state index in [9.17, 15) is 19.8 Å². The number of carboxylic acid groups (broad SMARTS) is 1. The number of hydrogen-bond acceptors (Lipinski definition) is 3. The van der Waals surface area contributed by atoms with Crippen LogP contribution in [0.25, 0.3) is 0 Å². The zero-order chi connectivity index (χ0) is 21.3. The third-order valence-electron chi connectivity index (χ3n) is 5.00. The van der Waals surface area contributed by atoms with Gasteiger partial charge in [0, 0.05) is 5.56 Å². The summed E-state index contributed by atoms with van der Waals surface area (Å²) in [6.45, 7) is 0. The van der Waals surface area contributed by atoms with E-state index in [0.717, 1.165) is 29.5 Å². The lowest BCUT2D eigenvalue weighted by atomic mass is 10.0. The van der Waals surface area contributed by atoms with Crippen molar-refractivity contribution in [1.82, 2.24) is 5.32 Å². The van der Waals surface area contributed by atoms with Gasteiger partial charge in [-0.1, -0.05) is 54.6 Å². The van der Waals surface area contributed by atoms with Gasteiger partial charge < -0.3 is 15.5 Å². The second-order valence-electron chi connectivity index (χ2n) is 7.26. The zero-order valence-corrected chi connectivity index (χ0v) is 16.6. The van der Waals surface area contributed by atoms with E-state index in [-0.39, 0.29) is 11.7 Å². The first kappa shape index (κ1) is 21.1. The summed E-state index contributed by atoms with van der Waals surface area (Å²) < 4.78 is 0. The number of aromatic hydroxyl groups is 1. The third-order valence-corrected chi connectivity index (χ3v) is 5.00. The number of aliphatic carboxylic acids is 1. The van der Waals surface area contributed by atoms with Gasteiger partial charge in [-0.05, 0) is 66.6 Å². The summed E-state index contributed by atoms with van der Waals surface area (Å²) in [4.78, 5) is 24.2. The Balaban J connectivity index is 1.59. The van der Waals surface area contributed by atoms with Crippen LogP contribution in [0.5, 0.6) is 5.75 Å². The van der Waals surface area contributed by atoms with Gasteiger partial charge in [0.2, 0.25) is 0 Å². The molecule has 0 heterocycles. The number of aryl methyl sites for hydroxylation is 3. The van der Waals surface area contributed by atoms with Crippen molar-refractivity contribution in [3.63, 3.8) is 0 Å². The molecule has 3 N–H and O–H groups in total. The Kier molecular flexibility index (Phi) is 7.22. The predicted molar refractivity (Wildman–Crippen MR) is 116 cm³/mol. The van der Waals surface area contributed by atoms with Gasteiger partial charge in [0.1, 0.15) is 11.8 Å². The maximum Gasteiger partial charge on any atom is 0.326 e. The van der Waals surface area contributed by atoms with Gasteiger partial charge in [0.15, 0.2) is 0 Å². The number of hydrogen-bond donors (Lipinski definition) is 3. The summed E-state index contributed by atoms with van der Waals surface area (Å²) >= 11 is 0. The van der Waals surface area contributed by atoms with Crippen molar-refractivity contribution in [1.29, 1.82) is 0 Å². The van der Waals surface area contributed by atoms with Crippen LogP contribution in [-0.4, -0.2) is 28.1 Å². The molecular formula is C25H25NO4. The Morgan fingerprint density at radius 2 is 1.40 bits per heavy atom. The topological polar surface area (TPSA) is 86.6 Å². The molecule has 0 radical (unpaired) electrons. The van der Waals surface area contributed by atoms with Crippen molar-refractivity contribution in [3.8, 4) is 5.75 Å². The highest BCUT2D eigenvalue weighted by molar-refractivity contribution is 5.96. The number of carbonyl (C=O) groups excluding carboxylic acids is 1. The van der Waals surface area contributed by atoms with Crippen LogP contribution in [0.4, 0.5) is 0 Å². The van der Waals surface area contributed by atoms with E-state index in [1.165, 1.54) is 0 Å². The van der Waals surface area contributed by atoms with Crippen LogP contribution in [-0.2, 0) is 24.1 Å². The molecule has 30 heavy (non-hydrogen) atoms. The first-order valence-electron chi connectivity index (χ1n) is 9.96. The van der Waals surface area contributed by atoms with Gasteiger partial charge in [0.05, 0.1) is 0 Å². The highest BCUT2D eigenvalue weighted by Gasteiger charge is 2.20. The molecule has 1 atom stereocenters. The first-order chi connectivity index (χ1) is 14.5. The molecule has 154 valence electrons. The molecule has 0 spiro atoms. The summed E-state index contributed by atoms with van der Waals surface area (Å²) in [5.41, 5.74) is 3.57. The summed E-state index contributed by atoms with van der Waals surface area (Å²) in [7, 11) is 0. The van der Waals surface area contributed by atoms with Crippen molar-refractivity contribution in [2.24, 2.45) is 0 Å². The summed E-state index contributed by atoms with van der Waals surface area (Å²) in [5.74, 6) is -1.19. The molecule has 0 aliphatic carbocycles. The molecule has 0 aromatic heterocycles. The van der Waals surface area contributed by atoms with Gasteiger partial charge in [0.25, 0.3) is 5.91 Å². The molecule has 3 aromatic rings. The second-order valence-corrected chi connectivity index (χ2v) is 7.26. The van der Waals surface area contributed by atoms with E-state index < -0.39 is 12.0 Å². The predicted octanol–water partition coefficient (Wildman–Crippen LogP) is 3.99. The molecule has 0 aliphatic rings. The molecule has 5 heteroatoms. The number of carbonyl (C=O) groups is 2. The van der Waals surface area contributed by atoms with Crippen molar-refractivity contribution in [2.45, 2.75) is 31.7 Å². The lowest BCUT2D eigenvalue weighted by molar-refractivity contribution is -0.139. The van der Waals surface area contributed by atoms with E-state index in [1.54, 1.807) is 30.3 Å². The molecule has 5 nitrogen and oxygen atoms in total. The normalized spacial score (nSPS) is 11.6. The summed E-state index contributed by atoms with van der Waals surface area (Å²) in [5, 5.41) is 21.5. The monoisotopic (exact) mass is 403 g/mol. The van der Waals surface area contributed by atoms with E-state index >= 15 is 0 Å². The lowest BCUT2D eigenvalue weighted by Gasteiger charge is -2.15. The molecule has 0 bridgehead atoms. The number of phenolic OH excluding ortho intramolecular Hbond substituents is 1. The van der Waals surface area contributed by atoms with Crippen LogP contribution < -0.4 is 5.32 Å². The van der Waals surface area contributed by atoms with Crippen molar-refractivity contribution in [3.05, 3.63) is 101 Å². The minimum atomic E-state index is -1.04. The molecule has 0 saturated heterocycles. The van der Waals surface area contributed by atoms with E-state index in [0.29, 0.717) is 18.4 Å². The van der Waals surface area contributed by atoms with Crippen LogP contribution in [0.2, 0.25) is 0 Å². The Bertz CT molecular complexity index is 984. The quantitative estimate of drug-likeness (QED) is 0.504. The molecule has 3 aromatic carbocycles. The number of phenols is 1. The highest BCUT2D eigenvalue weighted by atomic mass is 16.4. The maximum absolute atomic E-state index is 12.6. The number of rotatable bonds is 9. The molecule has 0 fully saturated rings. The fourth-order valence-corrected chi connectivity index (χ4v) is 3.27. The minimum absolute atomic E-state index is 0.234. The first-order valence-corrected chi connectivity index (χ1v) is 9.96. The molecule has 0 aliphatic heterocycles. The van der Waals surface area contributed by atoms with E-state index in [4.69, 9.17) is 0 Å². The standard InChI is InChI=1S/C25H25NO4/c27-22-14-11-19(12-15-22)9-10-20-7-4-8-21(17-20)24(28)26-23(25(29)30)16-13-18-5-2-1-3-6-18/h1-8,11-12,14-15,17,23,27H,9-10,13,16H2,(H,26,28)(H,29,30)/t23-/m0/s1. The lowest BCUT2D eigenvalue weighted by Crippen LogP contribution is -2.41. The van der Waals surface area contributed by atoms with Gasteiger partial charge in [-0.3, -0.25) is 4.79 Å². The van der Waals surface area contributed by atoms with Crippen LogP contribution in [0.3, 0.4) is 0 Å². The molecule has 3 rings (SSSR count). The van der Waals surface area contributed by atoms with E-state index in [1.807, 2.05) is 48.5 Å². The number of carboxylic acids is 1. The zero-order valence-electron chi connectivity index (χ0n) is 16.6. The molecule has 0 unspecified atom stereocenters. The smallest absolute Gasteiger partial charge is 0.326 e.